The third-order valence-electron chi connectivity index (χ3n) is 3.75. The Morgan fingerprint density at radius 3 is 2.89 bits per heavy atom. The van der Waals surface area contributed by atoms with Gasteiger partial charge < -0.3 is 15.1 Å². The number of fused-ring (bicyclic) bond motifs is 1. The zero-order valence-electron chi connectivity index (χ0n) is 10.8. The first-order valence-corrected chi connectivity index (χ1v) is 7.12. The monoisotopic (exact) mass is 279 g/mol. The van der Waals surface area contributed by atoms with Crippen LogP contribution in [0.1, 0.15) is 24.7 Å². The maximum absolute atomic E-state index is 5.97. The third-order valence-corrected chi connectivity index (χ3v) is 3.98. The second kappa shape index (κ2) is 5.49. The molecule has 1 aromatic carbocycles. The highest BCUT2D eigenvalue weighted by Gasteiger charge is 2.24. The molecule has 1 saturated heterocycles. The Hall–Kier alpha value is -1.10. The topological polar surface area (TPSA) is 55.3 Å². The smallest absolute Gasteiger partial charge is 0.198 e. The number of halogens is 1. The van der Waals surface area contributed by atoms with Gasteiger partial charge in [-0.15, -0.1) is 0 Å². The molecule has 1 fully saturated rings. The number of benzene rings is 1. The van der Waals surface area contributed by atoms with Crippen molar-refractivity contribution in [1.29, 1.82) is 0 Å². The van der Waals surface area contributed by atoms with Gasteiger partial charge in [0, 0.05) is 24.0 Å². The lowest BCUT2D eigenvalue weighted by Gasteiger charge is -2.29. The summed E-state index contributed by atoms with van der Waals surface area (Å²) in [5, 5.41) is 0.699. The van der Waals surface area contributed by atoms with Gasteiger partial charge in [0.05, 0.1) is 0 Å². The summed E-state index contributed by atoms with van der Waals surface area (Å²) in [6.45, 7) is 3.85. The highest BCUT2D eigenvalue weighted by molar-refractivity contribution is 6.31. The molecule has 0 bridgehead atoms. The maximum atomic E-state index is 5.97. The molecule has 0 aliphatic carbocycles. The summed E-state index contributed by atoms with van der Waals surface area (Å²) in [5.41, 5.74) is 7.26. The van der Waals surface area contributed by atoms with E-state index in [1.807, 2.05) is 18.2 Å². The van der Waals surface area contributed by atoms with Gasteiger partial charge in [0.2, 0.25) is 0 Å². The molecule has 102 valence electrons. The molecule has 0 saturated carbocycles. The van der Waals surface area contributed by atoms with Gasteiger partial charge in [-0.1, -0.05) is 11.6 Å². The SMILES string of the molecule is NCCN1CCC(c2nc3cc(Cl)ccc3o2)CC1. The Morgan fingerprint density at radius 2 is 2.16 bits per heavy atom. The van der Waals surface area contributed by atoms with Crippen molar-refractivity contribution >= 4 is 22.7 Å². The van der Waals surface area contributed by atoms with Crippen molar-refractivity contribution in [2.24, 2.45) is 5.73 Å². The van der Waals surface area contributed by atoms with Gasteiger partial charge >= 0.3 is 0 Å². The second-order valence-corrected chi connectivity index (χ2v) is 5.51. The lowest BCUT2D eigenvalue weighted by Crippen LogP contribution is -2.36. The number of nitrogens with zero attached hydrogens (tertiary/aromatic N) is 2. The van der Waals surface area contributed by atoms with Crippen LogP contribution in [0.5, 0.6) is 0 Å². The molecule has 4 nitrogen and oxygen atoms in total. The van der Waals surface area contributed by atoms with E-state index >= 15 is 0 Å². The van der Waals surface area contributed by atoms with E-state index in [4.69, 9.17) is 21.8 Å². The van der Waals surface area contributed by atoms with E-state index in [9.17, 15) is 0 Å². The third kappa shape index (κ3) is 2.76. The van der Waals surface area contributed by atoms with E-state index in [0.29, 0.717) is 10.9 Å². The lowest BCUT2D eigenvalue weighted by molar-refractivity contribution is 0.206. The Labute approximate surface area is 117 Å². The summed E-state index contributed by atoms with van der Waals surface area (Å²) in [6.07, 6.45) is 2.17. The molecule has 1 aliphatic heterocycles. The molecule has 2 aromatic rings. The van der Waals surface area contributed by atoms with Gasteiger partial charge in [-0.25, -0.2) is 4.98 Å². The minimum Gasteiger partial charge on any atom is -0.440 e. The highest BCUT2D eigenvalue weighted by Crippen LogP contribution is 2.30. The van der Waals surface area contributed by atoms with E-state index in [-0.39, 0.29) is 0 Å². The van der Waals surface area contributed by atoms with Gasteiger partial charge in [-0.05, 0) is 44.1 Å². The standard InChI is InChI=1S/C14H18ClN3O/c15-11-1-2-13-12(9-11)17-14(19-13)10-3-6-18(7-4-10)8-5-16/h1-2,9-10H,3-8,16H2. The zero-order valence-corrected chi connectivity index (χ0v) is 11.6. The molecular weight excluding hydrogens is 262 g/mol. The molecule has 5 heteroatoms. The summed E-state index contributed by atoms with van der Waals surface area (Å²) in [7, 11) is 0. The van der Waals surface area contributed by atoms with Crippen molar-refractivity contribution in [3.05, 3.63) is 29.1 Å². The average molecular weight is 280 g/mol. The van der Waals surface area contributed by atoms with Crippen LogP contribution in [0.2, 0.25) is 5.02 Å². The fourth-order valence-electron chi connectivity index (χ4n) is 2.68. The first kappa shape index (κ1) is 12.9. The number of oxazole rings is 1. The Balaban J connectivity index is 1.74. The van der Waals surface area contributed by atoms with Crippen LogP contribution in [0.3, 0.4) is 0 Å². The second-order valence-electron chi connectivity index (χ2n) is 5.07. The van der Waals surface area contributed by atoms with Crippen molar-refractivity contribution < 1.29 is 4.42 Å². The number of hydrogen-bond donors (Lipinski definition) is 1. The number of aromatic nitrogens is 1. The molecule has 1 aromatic heterocycles. The van der Waals surface area contributed by atoms with Gasteiger partial charge in [0.15, 0.2) is 11.5 Å². The number of hydrogen-bond acceptors (Lipinski definition) is 4. The summed E-state index contributed by atoms with van der Waals surface area (Å²) >= 11 is 5.97. The van der Waals surface area contributed by atoms with Crippen molar-refractivity contribution in [3.8, 4) is 0 Å². The van der Waals surface area contributed by atoms with Gasteiger partial charge in [0.1, 0.15) is 5.52 Å². The first-order chi connectivity index (χ1) is 9.26. The van der Waals surface area contributed by atoms with E-state index < -0.39 is 0 Å². The first-order valence-electron chi connectivity index (χ1n) is 6.74. The summed E-state index contributed by atoms with van der Waals surface area (Å²) in [5.74, 6) is 1.27. The molecule has 3 rings (SSSR count). The lowest BCUT2D eigenvalue weighted by atomic mass is 9.97. The highest BCUT2D eigenvalue weighted by atomic mass is 35.5. The summed E-state index contributed by atoms with van der Waals surface area (Å²) < 4.78 is 5.84. The average Bonchev–Trinajstić information content (AvgIpc) is 2.83. The summed E-state index contributed by atoms with van der Waals surface area (Å²) in [6, 6.07) is 5.58. The molecule has 0 radical (unpaired) electrons. The molecule has 2 N–H and O–H groups in total. The predicted octanol–water partition coefficient (Wildman–Crippen LogP) is 2.62. The molecule has 1 aliphatic rings. The zero-order chi connectivity index (χ0) is 13.2. The van der Waals surface area contributed by atoms with Crippen LogP contribution in [0.15, 0.2) is 22.6 Å². The van der Waals surface area contributed by atoms with Crippen molar-refractivity contribution in [3.63, 3.8) is 0 Å². The number of nitrogens with two attached hydrogens (primary N) is 1. The number of piperidine rings is 1. The van der Waals surface area contributed by atoms with E-state index in [1.165, 1.54) is 0 Å². The number of likely N-dealkylation sites (tertiary alicyclic amines) is 1. The van der Waals surface area contributed by atoms with Gasteiger partial charge in [-0.2, -0.15) is 0 Å². The fourth-order valence-corrected chi connectivity index (χ4v) is 2.85. The maximum Gasteiger partial charge on any atom is 0.198 e. The number of rotatable bonds is 3. The van der Waals surface area contributed by atoms with E-state index in [2.05, 4.69) is 9.88 Å². The minimum absolute atomic E-state index is 0.417. The van der Waals surface area contributed by atoms with Crippen LogP contribution in [-0.2, 0) is 0 Å². The molecular formula is C14H18ClN3O. The minimum atomic E-state index is 0.417. The van der Waals surface area contributed by atoms with Gasteiger partial charge in [-0.3, -0.25) is 0 Å². The van der Waals surface area contributed by atoms with Crippen LogP contribution >= 0.6 is 11.6 Å². The van der Waals surface area contributed by atoms with E-state index in [0.717, 1.165) is 56.0 Å². The Bertz CT molecular complexity index is 561. The summed E-state index contributed by atoms with van der Waals surface area (Å²) in [4.78, 5) is 6.97. The van der Waals surface area contributed by atoms with Gasteiger partial charge in [0.25, 0.3) is 0 Å². The molecule has 0 atom stereocenters. The van der Waals surface area contributed by atoms with Crippen molar-refractivity contribution in [2.45, 2.75) is 18.8 Å². The molecule has 19 heavy (non-hydrogen) atoms. The van der Waals surface area contributed by atoms with Crippen molar-refractivity contribution in [2.75, 3.05) is 26.2 Å². The molecule has 2 heterocycles. The van der Waals surface area contributed by atoms with Crippen LogP contribution in [0, 0.1) is 0 Å². The molecule has 0 amide bonds. The normalized spacial score (nSPS) is 18.2. The quantitative estimate of drug-likeness (QED) is 0.938. The predicted molar refractivity (Wildman–Crippen MR) is 76.5 cm³/mol. The van der Waals surface area contributed by atoms with Crippen LogP contribution in [-0.4, -0.2) is 36.1 Å². The molecule has 0 unspecified atom stereocenters. The molecule has 0 spiro atoms. The Kier molecular flexibility index (Phi) is 3.73. The largest absolute Gasteiger partial charge is 0.440 e. The fraction of sp³-hybridized carbons (Fsp3) is 0.500. The van der Waals surface area contributed by atoms with E-state index in [1.54, 1.807) is 0 Å². The Morgan fingerprint density at radius 1 is 1.37 bits per heavy atom. The van der Waals surface area contributed by atoms with Crippen LogP contribution in [0.25, 0.3) is 11.1 Å². The van der Waals surface area contributed by atoms with Crippen LogP contribution in [0.4, 0.5) is 0 Å². The van der Waals surface area contributed by atoms with Crippen molar-refractivity contribution in [1.82, 2.24) is 9.88 Å². The van der Waals surface area contributed by atoms with Crippen LogP contribution < -0.4 is 5.73 Å².